The normalized spacial score (nSPS) is 20.6. The number of aliphatic carboxylic acids is 1. The summed E-state index contributed by atoms with van der Waals surface area (Å²) in [6, 6.07) is 18.4. The zero-order valence-electron chi connectivity index (χ0n) is 15.8. The first-order chi connectivity index (χ1) is 13.6. The van der Waals surface area contributed by atoms with Crippen LogP contribution >= 0.6 is 0 Å². The standard InChI is InChI=1S/C22H25N3O3/c26-21-14-18(22(27)28)16-25(21)20-8-6-19(7-9-20)24-12-10-23(11-13-24)15-17-4-2-1-3-5-17/h1-9,18H,10-16H2,(H,27,28)/t18-/m0/s1. The lowest BCUT2D eigenvalue weighted by atomic mass is 10.1. The summed E-state index contributed by atoms with van der Waals surface area (Å²) in [5.41, 5.74) is 3.26. The maximum atomic E-state index is 12.1. The van der Waals surface area contributed by atoms with E-state index in [-0.39, 0.29) is 18.9 Å². The highest BCUT2D eigenvalue weighted by Crippen LogP contribution is 2.27. The maximum absolute atomic E-state index is 12.1. The summed E-state index contributed by atoms with van der Waals surface area (Å²) < 4.78 is 0. The topological polar surface area (TPSA) is 64.1 Å². The summed E-state index contributed by atoms with van der Waals surface area (Å²) >= 11 is 0. The Hall–Kier alpha value is -2.86. The van der Waals surface area contributed by atoms with Crippen LogP contribution in [-0.4, -0.2) is 54.6 Å². The SMILES string of the molecule is O=C(O)[C@H]1CC(=O)N(c2ccc(N3CCN(Cc4ccccc4)CC3)cc2)C1. The molecule has 1 amide bonds. The van der Waals surface area contributed by atoms with E-state index in [1.165, 1.54) is 5.56 Å². The average Bonchev–Trinajstić information content (AvgIpc) is 3.12. The van der Waals surface area contributed by atoms with Crippen molar-refractivity contribution in [2.45, 2.75) is 13.0 Å². The van der Waals surface area contributed by atoms with E-state index in [0.717, 1.165) is 44.1 Å². The Morgan fingerprint density at radius 2 is 1.57 bits per heavy atom. The van der Waals surface area contributed by atoms with E-state index in [9.17, 15) is 9.59 Å². The second kappa shape index (κ2) is 8.02. The Morgan fingerprint density at radius 3 is 2.18 bits per heavy atom. The summed E-state index contributed by atoms with van der Waals surface area (Å²) in [6.07, 6.45) is 0.0838. The lowest BCUT2D eigenvalue weighted by molar-refractivity contribution is -0.141. The number of carboxylic acids is 1. The molecule has 0 bridgehead atoms. The third-order valence-electron chi connectivity index (χ3n) is 5.62. The van der Waals surface area contributed by atoms with Crippen LogP contribution in [0.15, 0.2) is 54.6 Å². The first kappa shape index (κ1) is 18.5. The van der Waals surface area contributed by atoms with E-state index in [2.05, 4.69) is 34.1 Å². The van der Waals surface area contributed by atoms with Crippen LogP contribution in [0.25, 0.3) is 0 Å². The molecule has 1 N–H and O–H groups in total. The fourth-order valence-corrected chi connectivity index (χ4v) is 3.97. The Kier molecular flexibility index (Phi) is 5.30. The van der Waals surface area contributed by atoms with Crippen molar-refractivity contribution in [2.24, 2.45) is 5.92 Å². The van der Waals surface area contributed by atoms with Crippen molar-refractivity contribution < 1.29 is 14.7 Å². The van der Waals surface area contributed by atoms with Gasteiger partial charge in [0.1, 0.15) is 0 Å². The summed E-state index contributed by atoms with van der Waals surface area (Å²) in [6.45, 7) is 5.20. The van der Waals surface area contributed by atoms with Gasteiger partial charge in [0.05, 0.1) is 5.92 Å². The first-order valence-electron chi connectivity index (χ1n) is 9.74. The van der Waals surface area contributed by atoms with Gasteiger partial charge in [0.2, 0.25) is 5.91 Å². The summed E-state index contributed by atoms with van der Waals surface area (Å²) in [5.74, 6) is -1.62. The number of hydrogen-bond donors (Lipinski definition) is 1. The minimum Gasteiger partial charge on any atom is -0.481 e. The molecule has 2 aliphatic heterocycles. The van der Waals surface area contributed by atoms with E-state index < -0.39 is 11.9 Å². The zero-order chi connectivity index (χ0) is 19.5. The molecule has 0 aliphatic carbocycles. The van der Waals surface area contributed by atoms with Gasteiger partial charge >= 0.3 is 5.97 Å². The molecule has 2 aromatic carbocycles. The summed E-state index contributed by atoms with van der Waals surface area (Å²) in [4.78, 5) is 29.7. The smallest absolute Gasteiger partial charge is 0.308 e. The second-order valence-electron chi connectivity index (χ2n) is 7.51. The van der Waals surface area contributed by atoms with E-state index in [1.54, 1.807) is 4.90 Å². The molecule has 0 saturated carbocycles. The predicted octanol–water partition coefficient (Wildman–Crippen LogP) is 2.45. The van der Waals surface area contributed by atoms with Gasteiger partial charge in [-0.25, -0.2) is 0 Å². The van der Waals surface area contributed by atoms with Gasteiger partial charge in [0.15, 0.2) is 0 Å². The highest BCUT2D eigenvalue weighted by atomic mass is 16.4. The van der Waals surface area contributed by atoms with Crippen LogP contribution in [0.3, 0.4) is 0 Å². The lowest BCUT2D eigenvalue weighted by Gasteiger charge is -2.36. The largest absolute Gasteiger partial charge is 0.481 e. The highest BCUT2D eigenvalue weighted by molar-refractivity contribution is 5.99. The van der Waals surface area contributed by atoms with Gasteiger partial charge in [0, 0.05) is 57.1 Å². The second-order valence-corrected chi connectivity index (χ2v) is 7.51. The average molecular weight is 379 g/mol. The molecule has 0 aromatic heterocycles. The van der Waals surface area contributed by atoms with Crippen LogP contribution in [0.2, 0.25) is 0 Å². The van der Waals surface area contributed by atoms with Gasteiger partial charge in [-0.15, -0.1) is 0 Å². The van der Waals surface area contributed by atoms with Crippen LogP contribution < -0.4 is 9.80 Å². The third-order valence-corrected chi connectivity index (χ3v) is 5.62. The van der Waals surface area contributed by atoms with Crippen molar-refractivity contribution in [2.75, 3.05) is 42.5 Å². The Balaban J connectivity index is 1.34. The monoisotopic (exact) mass is 379 g/mol. The molecule has 2 aromatic rings. The van der Waals surface area contributed by atoms with Crippen molar-refractivity contribution in [3.8, 4) is 0 Å². The molecule has 6 nitrogen and oxygen atoms in total. The van der Waals surface area contributed by atoms with Crippen molar-refractivity contribution in [1.29, 1.82) is 0 Å². The van der Waals surface area contributed by atoms with Crippen LogP contribution in [0, 0.1) is 5.92 Å². The van der Waals surface area contributed by atoms with Gasteiger partial charge in [-0.3, -0.25) is 14.5 Å². The molecule has 2 heterocycles. The van der Waals surface area contributed by atoms with Crippen molar-refractivity contribution in [1.82, 2.24) is 4.90 Å². The molecule has 6 heteroatoms. The van der Waals surface area contributed by atoms with Gasteiger partial charge in [-0.2, -0.15) is 0 Å². The number of hydrogen-bond acceptors (Lipinski definition) is 4. The lowest BCUT2D eigenvalue weighted by Crippen LogP contribution is -2.45. The van der Waals surface area contributed by atoms with Crippen LogP contribution in [-0.2, 0) is 16.1 Å². The van der Waals surface area contributed by atoms with E-state index in [0.29, 0.717) is 0 Å². The third kappa shape index (κ3) is 4.02. The number of rotatable bonds is 5. The molecule has 146 valence electrons. The van der Waals surface area contributed by atoms with E-state index in [4.69, 9.17) is 5.11 Å². The summed E-state index contributed by atoms with van der Waals surface area (Å²) in [7, 11) is 0. The zero-order valence-corrected chi connectivity index (χ0v) is 15.8. The van der Waals surface area contributed by atoms with Crippen LogP contribution in [0.5, 0.6) is 0 Å². The van der Waals surface area contributed by atoms with E-state index >= 15 is 0 Å². The molecule has 0 spiro atoms. The molecule has 1 atom stereocenters. The predicted molar refractivity (Wildman–Crippen MR) is 108 cm³/mol. The molecule has 4 rings (SSSR count). The minimum atomic E-state index is -0.902. The molecular weight excluding hydrogens is 354 g/mol. The fourth-order valence-electron chi connectivity index (χ4n) is 3.97. The number of piperazine rings is 1. The molecule has 28 heavy (non-hydrogen) atoms. The van der Waals surface area contributed by atoms with Crippen molar-refractivity contribution >= 4 is 23.3 Å². The highest BCUT2D eigenvalue weighted by Gasteiger charge is 2.35. The van der Waals surface area contributed by atoms with Crippen LogP contribution in [0.1, 0.15) is 12.0 Å². The van der Waals surface area contributed by atoms with Gasteiger partial charge < -0.3 is 14.9 Å². The Bertz CT molecular complexity index is 830. The molecule has 2 fully saturated rings. The fraction of sp³-hybridized carbons (Fsp3) is 0.364. The first-order valence-corrected chi connectivity index (χ1v) is 9.74. The van der Waals surface area contributed by atoms with Crippen molar-refractivity contribution in [3.63, 3.8) is 0 Å². The van der Waals surface area contributed by atoms with Gasteiger partial charge in [-0.05, 0) is 29.8 Å². The maximum Gasteiger partial charge on any atom is 0.308 e. The van der Waals surface area contributed by atoms with Crippen molar-refractivity contribution in [3.05, 3.63) is 60.2 Å². The molecule has 0 radical (unpaired) electrons. The number of nitrogens with zero attached hydrogens (tertiary/aromatic N) is 3. The molecule has 2 saturated heterocycles. The Labute approximate surface area is 165 Å². The number of carbonyl (C=O) groups excluding carboxylic acids is 1. The van der Waals surface area contributed by atoms with Gasteiger partial charge in [-0.1, -0.05) is 30.3 Å². The van der Waals surface area contributed by atoms with Crippen LogP contribution in [0.4, 0.5) is 11.4 Å². The number of amides is 1. The van der Waals surface area contributed by atoms with Gasteiger partial charge in [0.25, 0.3) is 0 Å². The summed E-state index contributed by atoms with van der Waals surface area (Å²) in [5, 5.41) is 9.13. The minimum absolute atomic E-state index is 0.0838. The molecular formula is C22H25N3O3. The number of anilines is 2. The number of carboxylic acid groups (broad SMARTS) is 1. The number of benzene rings is 2. The quantitative estimate of drug-likeness (QED) is 0.865. The van der Waals surface area contributed by atoms with E-state index in [1.807, 2.05) is 30.3 Å². The molecule has 0 unspecified atom stereocenters. The Morgan fingerprint density at radius 1 is 0.929 bits per heavy atom. The number of carbonyl (C=O) groups is 2. The molecule has 2 aliphatic rings.